The third kappa shape index (κ3) is 5.46. The number of rotatable bonds is 6. The third-order valence-electron chi connectivity index (χ3n) is 4.84. The molecule has 2 rings (SSSR count). The second-order valence-corrected chi connectivity index (χ2v) is 6.94. The smallest absolute Gasteiger partial charge is 0.248 e. The zero-order valence-corrected chi connectivity index (χ0v) is 14.7. The Morgan fingerprint density at radius 3 is 2.26 bits per heavy atom. The lowest BCUT2D eigenvalue weighted by Crippen LogP contribution is -2.56. The highest BCUT2D eigenvalue weighted by Gasteiger charge is 2.29. The SMILES string of the molecule is CC(C)OCC(=O)N1CCN(C(C)C(=O)NC2CCCC2)CC1. The van der Waals surface area contributed by atoms with Crippen LogP contribution in [0.15, 0.2) is 0 Å². The van der Waals surface area contributed by atoms with Crippen LogP contribution in [0.1, 0.15) is 46.5 Å². The maximum atomic E-state index is 12.3. The van der Waals surface area contributed by atoms with E-state index in [4.69, 9.17) is 4.74 Å². The van der Waals surface area contributed by atoms with Gasteiger partial charge >= 0.3 is 0 Å². The van der Waals surface area contributed by atoms with Crippen molar-refractivity contribution in [2.75, 3.05) is 32.8 Å². The van der Waals surface area contributed by atoms with Gasteiger partial charge in [-0.05, 0) is 33.6 Å². The van der Waals surface area contributed by atoms with Crippen LogP contribution < -0.4 is 5.32 Å². The van der Waals surface area contributed by atoms with Crippen molar-refractivity contribution in [1.29, 1.82) is 0 Å². The van der Waals surface area contributed by atoms with Crippen LogP contribution in [0.25, 0.3) is 0 Å². The van der Waals surface area contributed by atoms with Gasteiger partial charge in [-0.25, -0.2) is 0 Å². The summed E-state index contributed by atoms with van der Waals surface area (Å²) in [6.45, 7) is 8.78. The standard InChI is InChI=1S/C17H31N3O3/c1-13(2)23-12-16(21)20-10-8-19(9-11-20)14(3)17(22)18-15-6-4-5-7-15/h13-15H,4-12H2,1-3H3,(H,18,22). The Labute approximate surface area is 139 Å². The summed E-state index contributed by atoms with van der Waals surface area (Å²) >= 11 is 0. The highest BCUT2D eigenvalue weighted by molar-refractivity contribution is 5.81. The number of hydrogen-bond acceptors (Lipinski definition) is 4. The lowest BCUT2D eigenvalue weighted by atomic mass is 10.2. The predicted molar refractivity (Wildman–Crippen MR) is 89.1 cm³/mol. The minimum absolute atomic E-state index is 0.0430. The highest BCUT2D eigenvalue weighted by atomic mass is 16.5. The summed E-state index contributed by atoms with van der Waals surface area (Å²) in [6, 6.07) is 0.237. The van der Waals surface area contributed by atoms with Crippen molar-refractivity contribution in [3.8, 4) is 0 Å². The normalized spacial score (nSPS) is 21.7. The summed E-state index contributed by atoms with van der Waals surface area (Å²) in [5.41, 5.74) is 0. The molecule has 2 amide bonds. The van der Waals surface area contributed by atoms with Crippen molar-refractivity contribution < 1.29 is 14.3 Å². The molecule has 1 saturated heterocycles. The molecule has 2 fully saturated rings. The molecule has 0 aromatic carbocycles. The van der Waals surface area contributed by atoms with Crippen molar-refractivity contribution in [2.24, 2.45) is 0 Å². The van der Waals surface area contributed by atoms with Gasteiger partial charge in [0.2, 0.25) is 11.8 Å². The molecule has 1 heterocycles. The van der Waals surface area contributed by atoms with Gasteiger partial charge in [0.15, 0.2) is 0 Å². The summed E-state index contributed by atoms with van der Waals surface area (Å²) in [5, 5.41) is 3.16. The van der Waals surface area contributed by atoms with E-state index in [1.165, 1.54) is 12.8 Å². The first-order valence-corrected chi connectivity index (χ1v) is 8.91. The summed E-state index contributed by atoms with van der Waals surface area (Å²) in [7, 11) is 0. The first-order chi connectivity index (χ1) is 11.0. The van der Waals surface area contributed by atoms with Gasteiger partial charge in [0.05, 0.1) is 12.1 Å². The molecule has 0 aromatic heterocycles. The number of nitrogens with zero attached hydrogens (tertiary/aromatic N) is 2. The Morgan fingerprint density at radius 2 is 1.70 bits per heavy atom. The Balaban J connectivity index is 1.72. The van der Waals surface area contributed by atoms with Crippen LogP contribution in [0.5, 0.6) is 0 Å². The molecule has 2 aliphatic rings. The second-order valence-electron chi connectivity index (χ2n) is 6.94. The molecule has 1 unspecified atom stereocenters. The second kappa shape index (κ2) is 8.64. The van der Waals surface area contributed by atoms with Gasteiger partial charge in [-0.3, -0.25) is 14.5 Å². The van der Waals surface area contributed by atoms with E-state index in [1.54, 1.807) is 0 Å². The largest absolute Gasteiger partial charge is 0.369 e. The number of amides is 2. The molecule has 6 nitrogen and oxygen atoms in total. The van der Waals surface area contributed by atoms with Crippen molar-refractivity contribution in [2.45, 2.75) is 64.6 Å². The molecule has 23 heavy (non-hydrogen) atoms. The molecular weight excluding hydrogens is 294 g/mol. The van der Waals surface area contributed by atoms with Gasteiger partial charge in [-0.2, -0.15) is 0 Å². The van der Waals surface area contributed by atoms with Crippen LogP contribution >= 0.6 is 0 Å². The lowest BCUT2D eigenvalue weighted by molar-refractivity contribution is -0.140. The van der Waals surface area contributed by atoms with E-state index in [-0.39, 0.29) is 30.6 Å². The molecule has 0 bridgehead atoms. The highest BCUT2D eigenvalue weighted by Crippen LogP contribution is 2.18. The van der Waals surface area contributed by atoms with E-state index < -0.39 is 0 Å². The minimum atomic E-state index is -0.125. The molecule has 0 radical (unpaired) electrons. The van der Waals surface area contributed by atoms with Crippen LogP contribution in [0, 0.1) is 0 Å². The summed E-state index contributed by atoms with van der Waals surface area (Å²) in [4.78, 5) is 28.4. The zero-order chi connectivity index (χ0) is 16.8. The number of carbonyl (C=O) groups excluding carboxylic acids is 2. The predicted octanol–water partition coefficient (Wildman–Crippen LogP) is 1.00. The lowest BCUT2D eigenvalue weighted by Gasteiger charge is -2.37. The average molecular weight is 325 g/mol. The first-order valence-electron chi connectivity index (χ1n) is 8.91. The monoisotopic (exact) mass is 325 g/mol. The van der Waals surface area contributed by atoms with Gasteiger partial charge in [0, 0.05) is 32.2 Å². The fourth-order valence-corrected chi connectivity index (χ4v) is 3.25. The molecular formula is C17H31N3O3. The van der Waals surface area contributed by atoms with Crippen LogP contribution in [-0.4, -0.2) is 72.6 Å². The maximum absolute atomic E-state index is 12.3. The van der Waals surface area contributed by atoms with Crippen LogP contribution in [0.3, 0.4) is 0 Å². The topological polar surface area (TPSA) is 61.9 Å². The van der Waals surface area contributed by atoms with Crippen molar-refractivity contribution >= 4 is 11.8 Å². The molecule has 0 spiro atoms. The fraction of sp³-hybridized carbons (Fsp3) is 0.882. The molecule has 1 N–H and O–H groups in total. The Bertz CT molecular complexity index is 400. The number of nitrogens with one attached hydrogen (secondary N) is 1. The van der Waals surface area contributed by atoms with Gasteiger partial charge in [-0.15, -0.1) is 0 Å². The number of piperazine rings is 1. The summed E-state index contributed by atoms with van der Waals surface area (Å²) in [5.74, 6) is 0.168. The van der Waals surface area contributed by atoms with E-state index in [2.05, 4.69) is 10.2 Å². The number of ether oxygens (including phenoxy) is 1. The van der Waals surface area contributed by atoms with Crippen LogP contribution in [0.4, 0.5) is 0 Å². The molecule has 132 valence electrons. The number of hydrogen-bond donors (Lipinski definition) is 1. The van der Waals surface area contributed by atoms with Crippen molar-refractivity contribution in [3.63, 3.8) is 0 Å². The molecule has 1 aliphatic carbocycles. The number of carbonyl (C=O) groups is 2. The molecule has 1 saturated carbocycles. The van der Waals surface area contributed by atoms with E-state index in [9.17, 15) is 9.59 Å². The maximum Gasteiger partial charge on any atom is 0.248 e. The first kappa shape index (κ1) is 18.2. The van der Waals surface area contributed by atoms with E-state index in [0.29, 0.717) is 19.1 Å². The van der Waals surface area contributed by atoms with Crippen molar-refractivity contribution in [1.82, 2.24) is 15.1 Å². The van der Waals surface area contributed by atoms with E-state index >= 15 is 0 Å². The summed E-state index contributed by atoms with van der Waals surface area (Å²) < 4.78 is 5.37. The zero-order valence-electron chi connectivity index (χ0n) is 14.7. The minimum Gasteiger partial charge on any atom is -0.369 e. The van der Waals surface area contributed by atoms with Gasteiger partial charge in [0.25, 0.3) is 0 Å². The molecule has 0 aromatic rings. The molecule has 6 heteroatoms. The van der Waals surface area contributed by atoms with Crippen LogP contribution in [-0.2, 0) is 14.3 Å². The Kier molecular flexibility index (Phi) is 6.84. The molecule has 1 atom stereocenters. The summed E-state index contributed by atoms with van der Waals surface area (Å²) in [6.07, 6.45) is 4.73. The third-order valence-corrected chi connectivity index (χ3v) is 4.84. The van der Waals surface area contributed by atoms with Gasteiger partial charge in [-0.1, -0.05) is 12.8 Å². The van der Waals surface area contributed by atoms with E-state index in [0.717, 1.165) is 25.9 Å². The molecule has 1 aliphatic heterocycles. The van der Waals surface area contributed by atoms with Gasteiger partial charge < -0.3 is 15.0 Å². The van der Waals surface area contributed by atoms with Gasteiger partial charge in [0.1, 0.15) is 6.61 Å². The average Bonchev–Trinajstić information content (AvgIpc) is 3.05. The Morgan fingerprint density at radius 1 is 1.09 bits per heavy atom. The Hall–Kier alpha value is -1.14. The van der Waals surface area contributed by atoms with E-state index in [1.807, 2.05) is 25.7 Å². The van der Waals surface area contributed by atoms with Crippen LogP contribution in [0.2, 0.25) is 0 Å². The quantitative estimate of drug-likeness (QED) is 0.791. The fourth-order valence-electron chi connectivity index (χ4n) is 3.25. The van der Waals surface area contributed by atoms with Crippen molar-refractivity contribution in [3.05, 3.63) is 0 Å².